The number of ether oxygens (including phenoxy) is 1. The second-order valence-electron chi connectivity index (χ2n) is 9.32. The van der Waals surface area contributed by atoms with Crippen LogP contribution in [0.2, 0.25) is 0 Å². The number of rotatable bonds is 6. The Bertz CT molecular complexity index is 1480. The number of carbonyl (C=O) groups excluding carboxylic acids is 2. The number of hydrogen-bond acceptors (Lipinski definition) is 5. The number of amides is 3. The normalized spacial score (nSPS) is 13.7. The van der Waals surface area contributed by atoms with Gasteiger partial charge in [-0.25, -0.2) is 14.7 Å². The van der Waals surface area contributed by atoms with Crippen molar-refractivity contribution >= 4 is 28.6 Å². The van der Waals surface area contributed by atoms with E-state index in [9.17, 15) is 14.4 Å². The zero-order valence-corrected chi connectivity index (χ0v) is 20.9. The quantitative estimate of drug-likeness (QED) is 0.354. The van der Waals surface area contributed by atoms with Crippen LogP contribution in [0.1, 0.15) is 29.7 Å². The first-order valence-corrected chi connectivity index (χ1v) is 12.6. The summed E-state index contributed by atoms with van der Waals surface area (Å²) >= 11 is 0. The maximum absolute atomic E-state index is 12.7. The molecule has 194 valence electrons. The number of hydrogen-bond donors (Lipinski definition) is 3. The summed E-state index contributed by atoms with van der Waals surface area (Å²) in [5.74, 6) is 0. The van der Waals surface area contributed by atoms with Crippen LogP contribution in [-0.2, 0) is 17.8 Å². The summed E-state index contributed by atoms with van der Waals surface area (Å²) < 4.78 is 5.41. The fourth-order valence-corrected chi connectivity index (χ4v) is 4.63. The van der Waals surface area contributed by atoms with Gasteiger partial charge >= 0.3 is 12.1 Å². The van der Waals surface area contributed by atoms with Gasteiger partial charge in [0.15, 0.2) is 0 Å². The monoisotopic (exact) mass is 511 g/mol. The molecule has 0 aliphatic carbocycles. The van der Waals surface area contributed by atoms with Crippen molar-refractivity contribution < 1.29 is 14.3 Å². The molecule has 3 N–H and O–H groups in total. The third-order valence-electron chi connectivity index (χ3n) is 6.62. The highest BCUT2D eigenvalue weighted by atomic mass is 16.6. The molecule has 9 heteroatoms. The van der Waals surface area contributed by atoms with Crippen molar-refractivity contribution in [2.45, 2.75) is 31.9 Å². The van der Waals surface area contributed by atoms with Gasteiger partial charge in [0.2, 0.25) is 0 Å². The lowest BCUT2D eigenvalue weighted by atomic mass is 10.0. The van der Waals surface area contributed by atoms with Gasteiger partial charge in [0.1, 0.15) is 6.61 Å². The molecule has 4 aromatic rings. The van der Waals surface area contributed by atoms with E-state index in [2.05, 4.69) is 20.8 Å². The molecule has 1 aromatic heterocycles. The van der Waals surface area contributed by atoms with Crippen molar-refractivity contribution in [2.24, 2.45) is 0 Å². The smallest absolute Gasteiger partial charge is 0.410 e. The molecule has 1 aliphatic heterocycles. The van der Waals surface area contributed by atoms with Crippen molar-refractivity contribution in [2.75, 3.05) is 18.4 Å². The molecule has 0 atom stereocenters. The molecular weight excluding hydrogens is 482 g/mol. The van der Waals surface area contributed by atoms with Gasteiger partial charge in [0, 0.05) is 36.6 Å². The van der Waals surface area contributed by atoms with Crippen molar-refractivity contribution in [3.63, 3.8) is 0 Å². The first-order chi connectivity index (χ1) is 18.5. The molecule has 0 radical (unpaired) electrons. The van der Waals surface area contributed by atoms with Crippen LogP contribution in [0.5, 0.6) is 0 Å². The average Bonchev–Trinajstić information content (AvgIpc) is 2.94. The third kappa shape index (κ3) is 6.18. The SMILES string of the molecule is O=C(Nc1cccc(Cc2n[nH]c(=O)c3ccccc23)c1)NC1CCN(C(=O)OCc2ccccc2)CC1. The van der Waals surface area contributed by atoms with Gasteiger partial charge in [0.05, 0.1) is 11.1 Å². The van der Waals surface area contributed by atoms with Crippen LogP contribution in [0.25, 0.3) is 10.8 Å². The number of H-pyrrole nitrogens is 1. The average molecular weight is 512 g/mol. The van der Waals surface area contributed by atoms with Crippen molar-refractivity contribution in [1.82, 2.24) is 20.4 Å². The van der Waals surface area contributed by atoms with E-state index in [1.54, 1.807) is 11.0 Å². The Morgan fingerprint density at radius 1 is 0.921 bits per heavy atom. The number of aromatic amines is 1. The number of piperidine rings is 1. The predicted octanol–water partition coefficient (Wildman–Crippen LogP) is 4.44. The van der Waals surface area contributed by atoms with Crippen molar-refractivity contribution in [3.05, 3.63) is 106 Å². The number of urea groups is 1. The summed E-state index contributed by atoms with van der Waals surface area (Å²) in [6, 6.07) is 24.2. The van der Waals surface area contributed by atoms with Crippen molar-refractivity contribution in [3.8, 4) is 0 Å². The summed E-state index contributed by atoms with van der Waals surface area (Å²) in [6.45, 7) is 1.29. The lowest BCUT2D eigenvalue weighted by Crippen LogP contribution is -2.47. The fraction of sp³-hybridized carbons (Fsp3) is 0.241. The molecule has 1 aliphatic rings. The second kappa shape index (κ2) is 11.6. The Kier molecular flexibility index (Phi) is 7.63. The lowest BCUT2D eigenvalue weighted by Gasteiger charge is -2.31. The number of aromatic nitrogens is 2. The van der Waals surface area contributed by atoms with Gasteiger partial charge in [-0.1, -0.05) is 60.7 Å². The third-order valence-corrected chi connectivity index (χ3v) is 6.62. The minimum atomic E-state index is -0.335. The van der Waals surface area contributed by atoms with E-state index in [1.165, 1.54) is 0 Å². The first kappa shape index (κ1) is 25.0. The van der Waals surface area contributed by atoms with Crippen LogP contribution < -0.4 is 16.2 Å². The number of fused-ring (bicyclic) bond motifs is 1. The van der Waals surface area contributed by atoms with Crippen molar-refractivity contribution in [1.29, 1.82) is 0 Å². The maximum atomic E-state index is 12.7. The number of nitrogens with zero attached hydrogens (tertiary/aromatic N) is 2. The Morgan fingerprint density at radius 2 is 1.63 bits per heavy atom. The highest BCUT2D eigenvalue weighted by molar-refractivity contribution is 5.89. The standard InChI is InChI=1S/C29H29N5O4/c35-27-25-12-5-4-11-24(25)26(32-33-27)18-21-9-6-10-23(17-21)31-28(36)30-22-13-15-34(16-14-22)29(37)38-19-20-7-2-1-3-8-20/h1-12,17,22H,13-16,18-19H2,(H,33,35)(H2,30,31,36). The van der Waals surface area contributed by atoms with Crippen LogP contribution in [-0.4, -0.2) is 46.4 Å². The molecule has 3 amide bonds. The van der Waals surface area contributed by atoms with Crippen LogP contribution >= 0.6 is 0 Å². The highest BCUT2D eigenvalue weighted by Crippen LogP contribution is 2.19. The van der Waals surface area contributed by atoms with E-state index in [0.29, 0.717) is 43.4 Å². The Labute approximate surface area is 219 Å². The van der Waals surface area contributed by atoms with Crippen LogP contribution in [0.15, 0.2) is 83.7 Å². The van der Waals surface area contributed by atoms with E-state index in [4.69, 9.17) is 4.74 Å². The predicted molar refractivity (Wildman–Crippen MR) is 145 cm³/mol. The van der Waals surface area contributed by atoms with Gasteiger partial charge < -0.3 is 20.3 Å². The summed E-state index contributed by atoms with van der Waals surface area (Å²) in [6.07, 6.45) is 1.48. The molecule has 0 spiro atoms. The number of anilines is 1. The Morgan fingerprint density at radius 3 is 2.42 bits per heavy atom. The fourth-order valence-electron chi connectivity index (χ4n) is 4.63. The largest absolute Gasteiger partial charge is 0.445 e. The molecule has 0 unspecified atom stereocenters. The van der Waals surface area contributed by atoms with E-state index >= 15 is 0 Å². The van der Waals surface area contributed by atoms with E-state index in [1.807, 2.05) is 72.8 Å². The van der Waals surface area contributed by atoms with Gasteiger partial charge in [-0.2, -0.15) is 5.10 Å². The highest BCUT2D eigenvalue weighted by Gasteiger charge is 2.25. The summed E-state index contributed by atoms with van der Waals surface area (Å²) in [7, 11) is 0. The molecule has 38 heavy (non-hydrogen) atoms. The summed E-state index contributed by atoms with van der Waals surface area (Å²) in [5.41, 5.74) is 3.11. The molecule has 2 heterocycles. The molecule has 9 nitrogen and oxygen atoms in total. The number of benzene rings is 3. The lowest BCUT2D eigenvalue weighted by molar-refractivity contribution is 0.0860. The minimum absolute atomic E-state index is 0.0342. The van der Waals surface area contributed by atoms with E-state index < -0.39 is 0 Å². The topological polar surface area (TPSA) is 116 Å². The first-order valence-electron chi connectivity index (χ1n) is 12.6. The second-order valence-corrected chi connectivity index (χ2v) is 9.32. The summed E-state index contributed by atoms with van der Waals surface area (Å²) in [4.78, 5) is 38.8. The minimum Gasteiger partial charge on any atom is -0.445 e. The Hall–Kier alpha value is -4.66. The Balaban J connectivity index is 1.11. The van der Waals surface area contributed by atoms with Crippen LogP contribution in [0.3, 0.4) is 0 Å². The van der Waals surface area contributed by atoms with Gasteiger partial charge in [-0.15, -0.1) is 0 Å². The molecule has 3 aromatic carbocycles. The maximum Gasteiger partial charge on any atom is 0.410 e. The molecule has 1 saturated heterocycles. The molecule has 0 saturated carbocycles. The zero-order chi connectivity index (χ0) is 26.3. The van der Waals surface area contributed by atoms with Crippen LogP contribution in [0.4, 0.5) is 15.3 Å². The summed E-state index contributed by atoms with van der Waals surface area (Å²) in [5, 5.41) is 14.1. The zero-order valence-electron chi connectivity index (χ0n) is 20.9. The molecule has 1 fully saturated rings. The molecule has 5 rings (SSSR count). The number of likely N-dealkylation sites (tertiary alicyclic amines) is 1. The van der Waals surface area contributed by atoms with E-state index in [-0.39, 0.29) is 30.3 Å². The van der Waals surface area contributed by atoms with Gasteiger partial charge in [0.25, 0.3) is 5.56 Å². The number of nitrogens with one attached hydrogen (secondary N) is 3. The van der Waals surface area contributed by atoms with E-state index in [0.717, 1.165) is 22.2 Å². The van der Waals surface area contributed by atoms with Gasteiger partial charge in [-0.05, 0) is 42.2 Å². The van der Waals surface area contributed by atoms with Crippen LogP contribution in [0, 0.1) is 0 Å². The molecule has 0 bridgehead atoms. The van der Waals surface area contributed by atoms with Gasteiger partial charge in [-0.3, -0.25) is 4.79 Å². The number of carbonyl (C=O) groups is 2. The molecular formula is C29H29N5O4.